The fourth-order valence-electron chi connectivity index (χ4n) is 4.22. The summed E-state index contributed by atoms with van der Waals surface area (Å²) in [6.45, 7) is 9.51. The number of rotatable bonds is 5. The number of likely N-dealkylation sites (tertiary alicyclic amines) is 1. The molecule has 3 saturated heterocycles. The van der Waals surface area contributed by atoms with Crippen LogP contribution in [0.3, 0.4) is 0 Å². The molecule has 3 aliphatic rings. The molecular formula is C17H31IN4O2. The van der Waals surface area contributed by atoms with Crippen LogP contribution in [-0.4, -0.2) is 61.2 Å². The lowest BCUT2D eigenvalue weighted by Crippen LogP contribution is -2.41. The van der Waals surface area contributed by atoms with E-state index in [9.17, 15) is 4.79 Å². The smallest absolute Gasteiger partial charge is 0.222 e. The molecule has 7 heteroatoms. The van der Waals surface area contributed by atoms with Crippen molar-refractivity contribution in [2.75, 3.05) is 26.2 Å². The van der Waals surface area contributed by atoms with Crippen LogP contribution in [0.5, 0.6) is 0 Å². The molecule has 3 rings (SSSR count). The average molecular weight is 450 g/mol. The summed E-state index contributed by atoms with van der Waals surface area (Å²) in [5.74, 6) is 2.37. The van der Waals surface area contributed by atoms with E-state index in [1.165, 1.54) is 12.8 Å². The molecule has 24 heavy (non-hydrogen) atoms. The third-order valence-corrected chi connectivity index (χ3v) is 5.14. The van der Waals surface area contributed by atoms with Crippen molar-refractivity contribution in [1.29, 1.82) is 0 Å². The predicted molar refractivity (Wildman–Crippen MR) is 106 cm³/mol. The minimum absolute atomic E-state index is 0. The number of ether oxygens (including phenoxy) is 1. The number of nitrogens with zero attached hydrogens (tertiary/aromatic N) is 2. The van der Waals surface area contributed by atoms with E-state index in [4.69, 9.17) is 4.74 Å². The first kappa shape index (κ1) is 19.8. The Labute approximate surface area is 162 Å². The Hall–Kier alpha value is -0.570. The molecule has 6 nitrogen and oxygen atoms in total. The zero-order valence-corrected chi connectivity index (χ0v) is 17.3. The summed E-state index contributed by atoms with van der Waals surface area (Å²) in [5, 5.41) is 6.29. The summed E-state index contributed by atoms with van der Waals surface area (Å²) in [4.78, 5) is 18.8. The van der Waals surface area contributed by atoms with Gasteiger partial charge in [-0.2, -0.15) is 0 Å². The molecule has 4 unspecified atom stereocenters. The quantitative estimate of drug-likeness (QED) is 0.380. The lowest BCUT2D eigenvalue weighted by molar-refractivity contribution is -0.121. The second-order valence-electron chi connectivity index (χ2n) is 7.23. The number of fused-ring (bicyclic) bond motifs is 5. The Morgan fingerprint density at radius 3 is 2.42 bits per heavy atom. The van der Waals surface area contributed by atoms with Crippen LogP contribution < -0.4 is 10.6 Å². The largest absolute Gasteiger partial charge is 0.374 e. The number of hydrogen-bond donors (Lipinski definition) is 2. The second kappa shape index (κ2) is 8.69. The maximum atomic E-state index is 11.7. The van der Waals surface area contributed by atoms with Crippen molar-refractivity contribution in [2.45, 2.75) is 58.3 Å². The molecule has 0 saturated carbocycles. The molecule has 2 bridgehead atoms. The van der Waals surface area contributed by atoms with E-state index in [0.717, 1.165) is 25.6 Å². The summed E-state index contributed by atoms with van der Waals surface area (Å²) in [6.07, 6.45) is 3.83. The van der Waals surface area contributed by atoms with Crippen molar-refractivity contribution in [3.05, 3.63) is 0 Å². The SMILES string of the molecule is CCNC(=NCCC(=O)NC(C)C)N1CC2C3CCC(O3)C2C1.I. The van der Waals surface area contributed by atoms with Crippen LogP contribution in [0.1, 0.15) is 40.0 Å². The Balaban J connectivity index is 0.00000208. The van der Waals surface area contributed by atoms with Gasteiger partial charge >= 0.3 is 0 Å². The van der Waals surface area contributed by atoms with Crippen molar-refractivity contribution in [1.82, 2.24) is 15.5 Å². The van der Waals surface area contributed by atoms with Gasteiger partial charge in [0.25, 0.3) is 0 Å². The van der Waals surface area contributed by atoms with Crippen molar-refractivity contribution in [3.8, 4) is 0 Å². The summed E-state index contributed by atoms with van der Waals surface area (Å²) in [5.41, 5.74) is 0. The molecule has 3 heterocycles. The summed E-state index contributed by atoms with van der Waals surface area (Å²) >= 11 is 0. The molecular weight excluding hydrogens is 419 g/mol. The van der Waals surface area contributed by atoms with E-state index in [1.54, 1.807) is 0 Å². The van der Waals surface area contributed by atoms with Crippen molar-refractivity contribution in [3.63, 3.8) is 0 Å². The molecule has 3 fully saturated rings. The first-order valence-corrected chi connectivity index (χ1v) is 9.06. The number of carbonyl (C=O) groups is 1. The van der Waals surface area contributed by atoms with Gasteiger partial charge in [0.15, 0.2) is 5.96 Å². The molecule has 138 valence electrons. The molecule has 0 spiro atoms. The van der Waals surface area contributed by atoms with E-state index in [0.29, 0.717) is 37.0 Å². The van der Waals surface area contributed by atoms with Gasteiger partial charge < -0.3 is 20.3 Å². The highest BCUT2D eigenvalue weighted by molar-refractivity contribution is 14.0. The Morgan fingerprint density at radius 2 is 1.88 bits per heavy atom. The second-order valence-corrected chi connectivity index (χ2v) is 7.23. The molecule has 2 N–H and O–H groups in total. The number of aliphatic imine (C=N–C) groups is 1. The monoisotopic (exact) mass is 450 g/mol. The molecule has 3 aliphatic heterocycles. The van der Waals surface area contributed by atoms with Crippen LogP contribution in [0.15, 0.2) is 4.99 Å². The van der Waals surface area contributed by atoms with Gasteiger partial charge in [0.1, 0.15) is 0 Å². The highest BCUT2D eigenvalue weighted by atomic mass is 127. The van der Waals surface area contributed by atoms with E-state index >= 15 is 0 Å². The summed E-state index contributed by atoms with van der Waals surface area (Å²) in [7, 11) is 0. The number of nitrogens with one attached hydrogen (secondary N) is 2. The van der Waals surface area contributed by atoms with Gasteiger partial charge in [-0.1, -0.05) is 0 Å². The highest BCUT2D eigenvalue weighted by Crippen LogP contribution is 2.47. The van der Waals surface area contributed by atoms with E-state index in [-0.39, 0.29) is 35.9 Å². The topological polar surface area (TPSA) is 66.0 Å². The molecule has 0 aromatic rings. The summed E-state index contributed by atoms with van der Waals surface area (Å²) in [6, 6.07) is 0.188. The Morgan fingerprint density at radius 1 is 1.25 bits per heavy atom. The van der Waals surface area contributed by atoms with Crippen LogP contribution in [0.2, 0.25) is 0 Å². The molecule has 1 amide bonds. The van der Waals surface area contributed by atoms with E-state index < -0.39 is 0 Å². The first-order valence-electron chi connectivity index (χ1n) is 9.06. The maximum absolute atomic E-state index is 11.7. The van der Waals surface area contributed by atoms with Gasteiger partial charge in [-0.25, -0.2) is 0 Å². The molecule has 0 aliphatic carbocycles. The van der Waals surface area contributed by atoms with Crippen LogP contribution >= 0.6 is 24.0 Å². The number of guanidine groups is 1. The van der Waals surface area contributed by atoms with Gasteiger partial charge in [0.05, 0.1) is 18.8 Å². The number of halogens is 1. The van der Waals surface area contributed by atoms with Gasteiger partial charge in [-0.05, 0) is 33.6 Å². The van der Waals surface area contributed by atoms with Crippen molar-refractivity contribution in [2.24, 2.45) is 16.8 Å². The number of carbonyl (C=O) groups excluding carboxylic acids is 1. The van der Waals surface area contributed by atoms with E-state index in [1.807, 2.05) is 13.8 Å². The zero-order valence-electron chi connectivity index (χ0n) is 15.0. The van der Waals surface area contributed by atoms with Gasteiger partial charge in [-0.3, -0.25) is 9.79 Å². The van der Waals surface area contributed by atoms with Crippen LogP contribution in [-0.2, 0) is 9.53 Å². The Kier molecular flexibility index (Phi) is 7.15. The first-order chi connectivity index (χ1) is 11.1. The number of amides is 1. The fourth-order valence-corrected chi connectivity index (χ4v) is 4.22. The highest BCUT2D eigenvalue weighted by Gasteiger charge is 2.53. The van der Waals surface area contributed by atoms with E-state index in [2.05, 4.69) is 27.4 Å². The zero-order chi connectivity index (χ0) is 16.4. The van der Waals surface area contributed by atoms with Crippen molar-refractivity contribution >= 4 is 35.8 Å². The lowest BCUT2D eigenvalue weighted by Gasteiger charge is -2.23. The summed E-state index contributed by atoms with van der Waals surface area (Å²) < 4.78 is 6.04. The third kappa shape index (κ3) is 4.33. The fraction of sp³-hybridized carbons (Fsp3) is 0.882. The maximum Gasteiger partial charge on any atom is 0.222 e. The van der Waals surface area contributed by atoms with Gasteiger partial charge in [0.2, 0.25) is 5.91 Å². The van der Waals surface area contributed by atoms with Gasteiger partial charge in [0, 0.05) is 43.9 Å². The van der Waals surface area contributed by atoms with Gasteiger partial charge in [-0.15, -0.1) is 24.0 Å². The molecule has 4 atom stereocenters. The van der Waals surface area contributed by atoms with Crippen LogP contribution in [0.4, 0.5) is 0 Å². The average Bonchev–Trinajstić information content (AvgIpc) is 3.18. The lowest BCUT2D eigenvalue weighted by atomic mass is 9.82. The van der Waals surface area contributed by atoms with Crippen LogP contribution in [0.25, 0.3) is 0 Å². The van der Waals surface area contributed by atoms with Crippen LogP contribution in [0, 0.1) is 11.8 Å². The normalized spacial score (nSPS) is 31.2. The molecule has 0 aromatic heterocycles. The predicted octanol–water partition coefficient (Wildman–Crippen LogP) is 1.59. The minimum Gasteiger partial charge on any atom is -0.374 e. The minimum atomic E-state index is 0. The van der Waals surface area contributed by atoms with Crippen molar-refractivity contribution < 1.29 is 9.53 Å². The Bertz CT molecular complexity index is 454. The number of hydrogen-bond acceptors (Lipinski definition) is 3. The third-order valence-electron chi connectivity index (χ3n) is 5.14. The molecule has 0 radical (unpaired) electrons. The molecule has 0 aromatic carbocycles. The standard InChI is InChI=1S/C17H30N4O2.HI/c1-4-18-17(19-8-7-16(22)20-11(2)3)21-9-12-13(10-21)15-6-5-14(12)23-15;/h11-15H,4-10H2,1-3H3,(H,18,19)(H,20,22);1H.